The highest BCUT2D eigenvalue weighted by molar-refractivity contribution is 8.77. The Balaban J connectivity index is 1.82. The van der Waals surface area contributed by atoms with Gasteiger partial charge in [0.15, 0.2) is 0 Å². The fourth-order valence-corrected chi connectivity index (χ4v) is 4.82. The van der Waals surface area contributed by atoms with Crippen molar-refractivity contribution in [3.63, 3.8) is 0 Å². The van der Waals surface area contributed by atoms with E-state index < -0.39 is 0 Å². The molecule has 0 amide bonds. The first-order valence-corrected chi connectivity index (χ1v) is 11.8. The Bertz CT molecular complexity index is 881. The van der Waals surface area contributed by atoms with Gasteiger partial charge in [0.1, 0.15) is 5.75 Å². The lowest BCUT2D eigenvalue weighted by Crippen LogP contribution is -2.09. The summed E-state index contributed by atoms with van der Waals surface area (Å²) in [6.45, 7) is 0. The van der Waals surface area contributed by atoms with Crippen molar-refractivity contribution in [3.8, 4) is 5.75 Å². The molecule has 0 aliphatic rings. The first-order valence-electron chi connectivity index (χ1n) is 8.35. The van der Waals surface area contributed by atoms with E-state index in [0.29, 0.717) is 5.90 Å². The fraction of sp³-hybridized carbons (Fsp3) is 0.0455. The SMILES string of the molecule is CS/C(=C\SSc1ccccc1)C(=Nc1ccccc1)Oc1ccccc1. The highest BCUT2D eigenvalue weighted by Crippen LogP contribution is 2.34. The molecule has 3 aromatic carbocycles. The zero-order valence-corrected chi connectivity index (χ0v) is 17.3. The van der Waals surface area contributed by atoms with Gasteiger partial charge in [-0.1, -0.05) is 76.2 Å². The van der Waals surface area contributed by atoms with Crippen molar-refractivity contribution in [1.82, 2.24) is 0 Å². The molecular weight excluding hydrogens is 390 g/mol. The number of hydrogen-bond acceptors (Lipinski definition) is 5. The summed E-state index contributed by atoms with van der Waals surface area (Å²) in [5.74, 6) is 1.37. The minimum Gasteiger partial charge on any atom is -0.438 e. The summed E-state index contributed by atoms with van der Waals surface area (Å²) in [6.07, 6.45) is 2.04. The van der Waals surface area contributed by atoms with Crippen LogP contribution in [0.15, 0.2) is 111 Å². The fourth-order valence-electron chi connectivity index (χ4n) is 2.13. The van der Waals surface area contributed by atoms with Gasteiger partial charge < -0.3 is 4.74 Å². The molecule has 0 spiro atoms. The second-order valence-electron chi connectivity index (χ2n) is 5.35. The van der Waals surface area contributed by atoms with E-state index in [2.05, 4.69) is 17.5 Å². The molecule has 0 unspecified atom stereocenters. The number of rotatable bonds is 7. The van der Waals surface area contributed by atoms with Gasteiger partial charge in [-0.25, -0.2) is 4.99 Å². The average molecular weight is 410 g/mol. The van der Waals surface area contributed by atoms with Crippen LogP contribution in [-0.4, -0.2) is 12.2 Å². The number of para-hydroxylation sites is 2. The van der Waals surface area contributed by atoms with E-state index in [1.165, 1.54) is 4.90 Å². The Morgan fingerprint density at radius 2 is 1.41 bits per heavy atom. The quantitative estimate of drug-likeness (QED) is 0.230. The monoisotopic (exact) mass is 409 g/mol. The standard InChI is InChI=1S/C22H19NOS3/c1-25-21(17-26-27-20-15-9-4-10-16-20)22(23-18-11-5-2-6-12-18)24-19-13-7-3-8-14-19/h2-17H,1H3/b21-17-,23-22?. The minimum absolute atomic E-state index is 0.598. The molecule has 0 radical (unpaired) electrons. The van der Waals surface area contributed by atoms with Crippen LogP contribution < -0.4 is 4.74 Å². The number of ether oxygens (including phenoxy) is 1. The summed E-state index contributed by atoms with van der Waals surface area (Å²) in [6, 6.07) is 29.9. The van der Waals surface area contributed by atoms with Crippen LogP contribution in [-0.2, 0) is 0 Å². The van der Waals surface area contributed by atoms with Crippen molar-refractivity contribution in [1.29, 1.82) is 0 Å². The Morgan fingerprint density at radius 1 is 0.815 bits per heavy atom. The van der Waals surface area contributed by atoms with Gasteiger partial charge in [-0.15, -0.1) is 11.8 Å². The number of thioether (sulfide) groups is 1. The average Bonchev–Trinajstić information content (AvgIpc) is 2.73. The van der Waals surface area contributed by atoms with Crippen LogP contribution in [0.3, 0.4) is 0 Å². The molecule has 0 atom stereocenters. The topological polar surface area (TPSA) is 21.6 Å². The molecule has 3 aromatic rings. The summed E-state index contributed by atoms with van der Waals surface area (Å²) >= 11 is 1.62. The summed E-state index contributed by atoms with van der Waals surface area (Å²) in [7, 11) is 3.37. The van der Waals surface area contributed by atoms with Crippen LogP contribution >= 0.6 is 33.3 Å². The smallest absolute Gasteiger partial charge is 0.234 e. The van der Waals surface area contributed by atoms with Crippen LogP contribution in [0.4, 0.5) is 5.69 Å². The molecule has 3 rings (SSSR count). The maximum atomic E-state index is 6.11. The molecule has 0 bridgehead atoms. The highest BCUT2D eigenvalue weighted by Gasteiger charge is 2.10. The maximum absolute atomic E-state index is 6.11. The molecule has 136 valence electrons. The molecule has 0 heterocycles. The molecule has 0 saturated carbocycles. The maximum Gasteiger partial charge on any atom is 0.234 e. The summed E-state index contributed by atoms with van der Waals surface area (Å²) in [5, 5.41) is 2.09. The van der Waals surface area contributed by atoms with Gasteiger partial charge in [-0.05, 0) is 42.7 Å². The predicted molar refractivity (Wildman–Crippen MR) is 122 cm³/mol. The lowest BCUT2D eigenvalue weighted by Gasteiger charge is -2.11. The van der Waals surface area contributed by atoms with E-state index >= 15 is 0 Å². The number of nitrogens with zero attached hydrogens (tertiary/aromatic N) is 1. The predicted octanol–water partition coefficient (Wildman–Crippen LogP) is 7.44. The van der Waals surface area contributed by atoms with Crippen molar-refractivity contribution in [2.24, 2.45) is 4.99 Å². The number of aliphatic imine (C=N–C) groups is 1. The van der Waals surface area contributed by atoms with Crippen LogP contribution in [0.25, 0.3) is 0 Å². The lowest BCUT2D eigenvalue weighted by atomic mass is 10.3. The van der Waals surface area contributed by atoms with Crippen molar-refractivity contribution in [2.45, 2.75) is 4.90 Å². The van der Waals surface area contributed by atoms with E-state index in [1.807, 2.05) is 85.1 Å². The normalized spacial score (nSPS) is 12.0. The number of benzene rings is 3. The van der Waals surface area contributed by atoms with E-state index in [4.69, 9.17) is 9.73 Å². The lowest BCUT2D eigenvalue weighted by molar-refractivity contribution is 0.555. The Labute approximate surface area is 172 Å². The zero-order valence-electron chi connectivity index (χ0n) is 14.8. The molecule has 0 aliphatic carbocycles. The molecule has 5 heteroatoms. The third-order valence-corrected chi connectivity index (χ3v) is 6.35. The second-order valence-corrected chi connectivity index (χ2v) is 8.34. The Hall–Kier alpha value is -2.08. The van der Waals surface area contributed by atoms with Crippen molar-refractivity contribution >= 4 is 44.9 Å². The molecule has 0 aromatic heterocycles. The second kappa shape index (κ2) is 10.9. The van der Waals surface area contributed by atoms with Gasteiger partial charge >= 0.3 is 0 Å². The largest absolute Gasteiger partial charge is 0.438 e. The van der Waals surface area contributed by atoms with E-state index in [9.17, 15) is 0 Å². The number of hydrogen-bond donors (Lipinski definition) is 0. The van der Waals surface area contributed by atoms with Gasteiger partial charge in [-0.3, -0.25) is 0 Å². The van der Waals surface area contributed by atoms with Gasteiger partial charge in [0.05, 0.1) is 10.6 Å². The highest BCUT2D eigenvalue weighted by atomic mass is 33.1. The zero-order chi connectivity index (χ0) is 18.7. The van der Waals surface area contributed by atoms with Crippen LogP contribution in [0.5, 0.6) is 5.75 Å². The van der Waals surface area contributed by atoms with E-state index in [1.54, 1.807) is 33.3 Å². The van der Waals surface area contributed by atoms with Crippen molar-refractivity contribution in [3.05, 3.63) is 101 Å². The Morgan fingerprint density at radius 3 is 2.04 bits per heavy atom. The summed E-state index contributed by atoms with van der Waals surface area (Å²) < 4.78 is 6.11. The molecule has 2 nitrogen and oxygen atoms in total. The van der Waals surface area contributed by atoms with Gasteiger partial charge in [0.25, 0.3) is 0 Å². The first kappa shape index (κ1) is 19.7. The molecule has 0 saturated heterocycles. The Kier molecular flexibility index (Phi) is 7.96. The third kappa shape index (κ3) is 6.54. The molecule has 0 fully saturated rings. The van der Waals surface area contributed by atoms with Crippen LogP contribution in [0, 0.1) is 0 Å². The van der Waals surface area contributed by atoms with E-state index in [-0.39, 0.29) is 0 Å². The van der Waals surface area contributed by atoms with Crippen molar-refractivity contribution < 1.29 is 4.74 Å². The summed E-state index contributed by atoms with van der Waals surface area (Å²) in [5.41, 5.74) is 0.865. The van der Waals surface area contributed by atoms with Crippen molar-refractivity contribution in [2.75, 3.05) is 6.26 Å². The van der Waals surface area contributed by atoms with Crippen LogP contribution in [0.2, 0.25) is 0 Å². The first-order chi connectivity index (χ1) is 13.3. The summed E-state index contributed by atoms with van der Waals surface area (Å²) in [4.78, 5) is 6.93. The van der Waals surface area contributed by atoms with Crippen LogP contribution in [0.1, 0.15) is 0 Å². The molecular formula is C22H19NOS3. The molecule has 0 aliphatic heterocycles. The third-order valence-electron chi connectivity index (χ3n) is 3.42. The van der Waals surface area contributed by atoms with E-state index in [0.717, 1.165) is 16.3 Å². The van der Waals surface area contributed by atoms with Gasteiger partial charge in [-0.2, -0.15) is 0 Å². The molecule has 27 heavy (non-hydrogen) atoms. The van der Waals surface area contributed by atoms with Gasteiger partial charge in [0, 0.05) is 10.3 Å². The molecule has 0 N–H and O–H groups in total. The minimum atomic E-state index is 0.598. The van der Waals surface area contributed by atoms with Gasteiger partial charge in [0.2, 0.25) is 5.90 Å².